The molecule has 29 heavy (non-hydrogen) atoms. The van der Waals surface area contributed by atoms with E-state index in [1.165, 1.54) is 5.56 Å². The number of nitrogens with one attached hydrogen (secondary N) is 1. The van der Waals surface area contributed by atoms with Crippen molar-refractivity contribution in [3.05, 3.63) is 65.7 Å². The standard InChI is InChI=1S/C23H28N4O2/c1-2-18-8-10-20(11-9-18)24-22(28)25-13-12-21(17-25)27-15-14-26(23(27)29)16-19-6-4-3-5-7-19/h3-11,21H,2,12-17H2,1H3,(H,24,28)/t21-/m0/s1. The molecule has 152 valence electrons. The highest BCUT2D eigenvalue weighted by Gasteiger charge is 2.38. The van der Waals surface area contributed by atoms with E-state index < -0.39 is 0 Å². The van der Waals surface area contributed by atoms with Crippen LogP contribution in [0.2, 0.25) is 0 Å². The lowest BCUT2D eigenvalue weighted by Gasteiger charge is -2.25. The minimum Gasteiger partial charge on any atom is -0.322 e. The van der Waals surface area contributed by atoms with E-state index in [4.69, 9.17) is 0 Å². The molecule has 0 saturated carbocycles. The zero-order valence-electron chi connectivity index (χ0n) is 16.9. The van der Waals surface area contributed by atoms with Crippen LogP contribution >= 0.6 is 0 Å². The quantitative estimate of drug-likeness (QED) is 0.842. The smallest absolute Gasteiger partial charge is 0.321 e. The van der Waals surface area contributed by atoms with Gasteiger partial charge in [-0.3, -0.25) is 0 Å². The van der Waals surface area contributed by atoms with E-state index >= 15 is 0 Å². The molecule has 0 bridgehead atoms. The van der Waals surface area contributed by atoms with Crippen LogP contribution in [0.25, 0.3) is 0 Å². The number of amides is 4. The second-order valence-electron chi connectivity index (χ2n) is 7.75. The lowest BCUT2D eigenvalue weighted by Crippen LogP contribution is -2.42. The Labute approximate surface area is 172 Å². The molecule has 6 heteroatoms. The fourth-order valence-electron chi connectivity index (χ4n) is 4.10. The van der Waals surface area contributed by atoms with Crippen molar-refractivity contribution in [2.24, 2.45) is 0 Å². The first-order valence-electron chi connectivity index (χ1n) is 10.4. The molecule has 2 aromatic rings. The van der Waals surface area contributed by atoms with Gasteiger partial charge in [-0.2, -0.15) is 0 Å². The molecule has 6 nitrogen and oxygen atoms in total. The van der Waals surface area contributed by atoms with Crippen molar-refractivity contribution in [1.82, 2.24) is 14.7 Å². The number of rotatable bonds is 5. The van der Waals surface area contributed by atoms with Crippen LogP contribution in [0, 0.1) is 0 Å². The van der Waals surface area contributed by atoms with Gasteiger partial charge in [-0.25, -0.2) is 9.59 Å². The van der Waals surface area contributed by atoms with Crippen LogP contribution in [-0.2, 0) is 13.0 Å². The normalized spacial score (nSPS) is 19.1. The van der Waals surface area contributed by atoms with E-state index in [1.54, 1.807) is 0 Å². The molecule has 0 unspecified atom stereocenters. The average Bonchev–Trinajstić information content (AvgIpc) is 3.37. The summed E-state index contributed by atoms with van der Waals surface area (Å²) in [5, 5.41) is 2.97. The van der Waals surface area contributed by atoms with Crippen LogP contribution in [0.15, 0.2) is 54.6 Å². The second-order valence-corrected chi connectivity index (χ2v) is 7.75. The number of carbonyl (C=O) groups excluding carboxylic acids is 2. The molecule has 0 aliphatic carbocycles. The Bertz CT molecular complexity index is 853. The number of aryl methyl sites for hydroxylation is 1. The number of nitrogens with zero attached hydrogens (tertiary/aromatic N) is 3. The van der Waals surface area contributed by atoms with Crippen LogP contribution in [0.5, 0.6) is 0 Å². The van der Waals surface area contributed by atoms with Gasteiger partial charge in [0.15, 0.2) is 0 Å². The summed E-state index contributed by atoms with van der Waals surface area (Å²) in [5.41, 5.74) is 3.20. The van der Waals surface area contributed by atoms with E-state index in [9.17, 15) is 9.59 Å². The lowest BCUT2D eigenvalue weighted by molar-refractivity contribution is 0.175. The maximum Gasteiger partial charge on any atom is 0.321 e. The van der Waals surface area contributed by atoms with Crippen molar-refractivity contribution >= 4 is 17.7 Å². The number of urea groups is 2. The van der Waals surface area contributed by atoms with Gasteiger partial charge >= 0.3 is 12.1 Å². The number of likely N-dealkylation sites (tertiary alicyclic amines) is 1. The predicted octanol–water partition coefficient (Wildman–Crippen LogP) is 3.79. The zero-order chi connectivity index (χ0) is 20.2. The van der Waals surface area contributed by atoms with Gasteiger partial charge in [0.2, 0.25) is 0 Å². The summed E-state index contributed by atoms with van der Waals surface area (Å²) in [6, 6.07) is 18.1. The van der Waals surface area contributed by atoms with Gasteiger partial charge in [0.25, 0.3) is 0 Å². The van der Waals surface area contributed by atoms with Gasteiger partial charge in [0.05, 0.1) is 6.04 Å². The van der Waals surface area contributed by atoms with Crippen molar-refractivity contribution in [2.75, 3.05) is 31.5 Å². The first-order valence-corrected chi connectivity index (χ1v) is 10.4. The highest BCUT2D eigenvalue weighted by atomic mass is 16.2. The Morgan fingerprint density at radius 2 is 1.76 bits per heavy atom. The van der Waals surface area contributed by atoms with Gasteiger partial charge in [-0.15, -0.1) is 0 Å². The lowest BCUT2D eigenvalue weighted by atomic mass is 10.1. The van der Waals surface area contributed by atoms with Gasteiger partial charge in [-0.1, -0.05) is 49.4 Å². The highest BCUT2D eigenvalue weighted by Crippen LogP contribution is 2.23. The van der Waals surface area contributed by atoms with Crippen LogP contribution in [0.1, 0.15) is 24.5 Å². The Morgan fingerprint density at radius 1 is 1.00 bits per heavy atom. The molecule has 2 saturated heterocycles. The third-order valence-corrected chi connectivity index (χ3v) is 5.85. The fourth-order valence-corrected chi connectivity index (χ4v) is 4.10. The summed E-state index contributed by atoms with van der Waals surface area (Å²) >= 11 is 0. The largest absolute Gasteiger partial charge is 0.322 e. The SMILES string of the molecule is CCc1ccc(NC(=O)N2CC[C@H](N3CCN(Cc4ccccc4)C3=O)C2)cc1. The summed E-state index contributed by atoms with van der Waals surface area (Å²) in [7, 11) is 0. The summed E-state index contributed by atoms with van der Waals surface area (Å²) < 4.78 is 0. The van der Waals surface area contributed by atoms with Crippen molar-refractivity contribution in [1.29, 1.82) is 0 Å². The van der Waals surface area contributed by atoms with Crippen molar-refractivity contribution in [3.63, 3.8) is 0 Å². The Morgan fingerprint density at radius 3 is 2.48 bits per heavy atom. The molecule has 2 aliphatic rings. The molecule has 0 radical (unpaired) electrons. The van der Waals surface area contributed by atoms with Crippen molar-refractivity contribution in [3.8, 4) is 0 Å². The van der Waals surface area contributed by atoms with Gasteiger partial charge in [-0.05, 0) is 36.1 Å². The van der Waals surface area contributed by atoms with E-state index in [0.29, 0.717) is 19.6 Å². The first kappa shape index (κ1) is 19.3. The van der Waals surface area contributed by atoms with Crippen LogP contribution < -0.4 is 5.32 Å². The molecule has 0 spiro atoms. The molecule has 0 aromatic heterocycles. The molecule has 4 amide bonds. The van der Waals surface area contributed by atoms with Crippen LogP contribution in [0.4, 0.5) is 15.3 Å². The van der Waals surface area contributed by atoms with Crippen LogP contribution in [0.3, 0.4) is 0 Å². The van der Waals surface area contributed by atoms with Gasteiger partial charge in [0, 0.05) is 38.4 Å². The molecule has 2 heterocycles. The average molecular weight is 393 g/mol. The number of benzene rings is 2. The maximum absolute atomic E-state index is 12.9. The predicted molar refractivity (Wildman–Crippen MR) is 114 cm³/mol. The van der Waals surface area contributed by atoms with E-state index in [1.807, 2.05) is 69.3 Å². The molecule has 2 fully saturated rings. The minimum absolute atomic E-state index is 0.0799. The molecule has 4 rings (SSSR count). The number of hydrogen-bond donors (Lipinski definition) is 1. The number of anilines is 1. The summed E-state index contributed by atoms with van der Waals surface area (Å²) in [5.74, 6) is 0. The van der Waals surface area contributed by atoms with Crippen molar-refractivity contribution in [2.45, 2.75) is 32.4 Å². The molecule has 2 aromatic carbocycles. The highest BCUT2D eigenvalue weighted by molar-refractivity contribution is 5.89. The summed E-state index contributed by atoms with van der Waals surface area (Å²) in [4.78, 5) is 31.1. The third kappa shape index (κ3) is 4.36. The van der Waals surface area contributed by atoms with Crippen LogP contribution in [-0.4, -0.2) is 59.0 Å². The Hall–Kier alpha value is -3.02. The molecule has 1 atom stereocenters. The third-order valence-electron chi connectivity index (χ3n) is 5.85. The molecule has 1 N–H and O–H groups in total. The zero-order valence-corrected chi connectivity index (χ0v) is 16.9. The fraction of sp³-hybridized carbons (Fsp3) is 0.391. The maximum atomic E-state index is 12.9. The minimum atomic E-state index is -0.0930. The van der Waals surface area contributed by atoms with Gasteiger partial charge in [0.1, 0.15) is 0 Å². The summed E-state index contributed by atoms with van der Waals surface area (Å²) in [6.07, 6.45) is 1.81. The van der Waals surface area contributed by atoms with E-state index in [0.717, 1.165) is 37.2 Å². The first-order chi connectivity index (χ1) is 14.1. The van der Waals surface area contributed by atoms with Gasteiger partial charge < -0.3 is 20.0 Å². The topological polar surface area (TPSA) is 55.9 Å². The Kier molecular flexibility index (Phi) is 5.69. The molecular formula is C23H28N4O2. The van der Waals surface area contributed by atoms with E-state index in [2.05, 4.69) is 12.2 Å². The molecule has 2 aliphatic heterocycles. The number of hydrogen-bond acceptors (Lipinski definition) is 2. The molecular weight excluding hydrogens is 364 g/mol. The summed E-state index contributed by atoms with van der Waals surface area (Å²) in [6.45, 7) is 5.47. The van der Waals surface area contributed by atoms with E-state index in [-0.39, 0.29) is 18.1 Å². The second kappa shape index (κ2) is 8.55. The Balaban J connectivity index is 1.31. The monoisotopic (exact) mass is 392 g/mol. The number of carbonyl (C=O) groups is 2. The van der Waals surface area contributed by atoms with Crippen molar-refractivity contribution < 1.29 is 9.59 Å².